The van der Waals surface area contributed by atoms with Gasteiger partial charge in [0.1, 0.15) is 13.2 Å². The molecule has 0 saturated carbocycles. The third kappa shape index (κ3) is 55.8. The Bertz CT molecular complexity index is 1310. The van der Waals surface area contributed by atoms with Crippen LogP contribution >= 0.6 is 0 Å². The summed E-state index contributed by atoms with van der Waals surface area (Å²) >= 11 is 0. The van der Waals surface area contributed by atoms with Crippen molar-refractivity contribution in [2.45, 2.75) is 303 Å². The number of esters is 3. The molecule has 404 valence electrons. The Morgan fingerprint density at radius 2 is 0.557 bits per heavy atom. The summed E-state index contributed by atoms with van der Waals surface area (Å²) in [6.45, 7) is 6.46. The van der Waals surface area contributed by atoms with Crippen LogP contribution in [0.2, 0.25) is 0 Å². The highest BCUT2D eigenvalue weighted by Crippen LogP contribution is 2.16. The van der Waals surface area contributed by atoms with Crippen molar-refractivity contribution in [2.75, 3.05) is 13.2 Å². The first-order valence-electron chi connectivity index (χ1n) is 29.9. The minimum atomic E-state index is -0.789. The van der Waals surface area contributed by atoms with Crippen molar-refractivity contribution in [3.63, 3.8) is 0 Å². The number of rotatable bonds is 54. The van der Waals surface area contributed by atoms with Crippen molar-refractivity contribution >= 4 is 17.9 Å². The molecule has 0 saturated heterocycles. The highest BCUT2D eigenvalue weighted by molar-refractivity contribution is 5.71. The maximum atomic E-state index is 12.8. The van der Waals surface area contributed by atoms with Gasteiger partial charge in [-0.1, -0.05) is 261 Å². The van der Waals surface area contributed by atoms with Crippen molar-refractivity contribution in [2.24, 2.45) is 0 Å². The van der Waals surface area contributed by atoms with E-state index >= 15 is 0 Å². The Morgan fingerprint density at radius 3 is 0.900 bits per heavy atom. The average Bonchev–Trinajstić information content (AvgIpc) is 3.36. The van der Waals surface area contributed by atoms with Crippen LogP contribution in [0.4, 0.5) is 0 Å². The standard InChI is InChI=1S/C64H112O6/c1-4-7-10-13-16-18-20-22-24-26-28-29-30-31-32-33-34-35-37-38-40-42-44-46-48-51-54-57-63(66)69-60-61(59-68-62(65)56-53-50-15-12-9-6-3)70-64(67)58-55-52-49-47-45-43-41-39-36-27-25-23-21-19-17-14-11-8-5-2/h8,11,17,19,23,25-26,28,36,39,43,45,61H,4-7,9-10,12-16,18,20-22,24,27,29-35,37-38,40-42,44,46-60H2,1-3H3/b11-8-,19-17-,25-23-,28-26-,39-36-,45-43-. The van der Waals surface area contributed by atoms with E-state index in [-0.39, 0.29) is 31.1 Å². The largest absolute Gasteiger partial charge is 0.462 e. The molecule has 0 aromatic heterocycles. The lowest BCUT2D eigenvalue weighted by atomic mass is 10.0. The topological polar surface area (TPSA) is 78.9 Å². The zero-order valence-electron chi connectivity index (χ0n) is 46.3. The molecule has 0 fully saturated rings. The molecule has 0 aromatic rings. The monoisotopic (exact) mass is 977 g/mol. The fraction of sp³-hybridized carbons (Fsp3) is 0.766. The van der Waals surface area contributed by atoms with Crippen molar-refractivity contribution in [3.8, 4) is 0 Å². The predicted octanol–water partition coefficient (Wildman–Crippen LogP) is 20.2. The maximum absolute atomic E-state index is 12.8. The Hall–Kier alpha value is -3.15. The van der Waals surface area contributed by atoms with Crippen LogP contribution in [0, 0.1) is 0 Å². The molecule has 0 aliphatic carbocycles. The number of unbranched alkanes of at least 4 members (excludes halogenated alkanes) is 31. The molecular formula is C64H112O6. The first kappa shape index (κ1) is 66.9. The molecule has 0 spiro atoms. The van der Waals surface area contributed by atoms with Crippen molar-refractivity contribution in [1.82, 2.24) is 0 Å². The summed E-state index contributed by atoms with van der Waals surface area (Å²) in [5.41, 5.74) is 0. The van der Waals surface area contributed by atoms with Gasteiger partial charge in [-0.3, -0.25) is 14.4 Å². The van der Waals surface area contributed by atoms with Gasteiger partial charge < -0.3 is 14.2 Å². The number of ether oxygens (including phenoxy) is 3. The summed E-state index contributed by atoms with van der Waals surface area (Å²) in [5.74, 6) is -0.921. The van der Waals surface area contributed by atoms with E-state index in [4.69, 9.17) is 14.2 Å². The molecule has 70 heavy (non-hydrogen) atoms. The molecule has 0 amide bonds. The molecule has 1 atom stereocenters. The van der Waals surface area contributed by atoms with E-state index in [2.05, 4.69) is 93.7 Å². The van der Waals surface area contributed by atoms with Gasteiger partial charge in [0, 0.05) is 19.3 Å². The molecule has 0 aliphatic heterocycles. The molecule has 1 unspecified atom stereocenters. The van der Waals surface area contributed by atoms with Gasteiger partial charge in [-0.15, -0.1) is 0 Å². The Balaban J connectivity index is 4.11. The van der Waals surface area contributed by atoms with Crippen LogP contribution in [0.15, 0.2) is 72.9 Å². The van der Waals surface area contributed by atoms with Gasteiger partial charge in [-0.05, 0) is 89.9 Å². The average molecular weight is 978 g/mol. The van der Waals surface area contributed by atoms with Crippen LogP contribution in [0.25, 0.3) is 0 Å². The lowest BCUT2D eigenvalue weighted by molar-refractivity contribution is -0.167. The third-order valence-electron chi connectivity index (χ3n) is 12.9. The van der Waals surface area contributed by atoms with Crippen LogP contribution in [0.3, 0.4) is 0 Å². The molecule has 0 aliphatic rings. The molecule has 0 aromatic carbocycles. The van der Waals surface area contributed by atoms with Crippen LogP contribution < -0.4 is 0 Å². The molecule has 0 rings (SSSR count). The summed E-state index contributed by atoms with van der Waals surface area (Å²) in [6.07, 6.45) is 75.2. The summed E-state index contributed by atoms with van der Waals surface area (Å²) < 4.78 is 16.7. The van der Waals surface area contributed by atoms with Gasteiger partial charge in [0.05, 0.1) is 0 Å². The first-order chi connectivity index (χ1) is 34.5. The third-order valence-corrected chi connectivity index (χ3v) is 12.9. The maximum Gasteiger partial charge on any atom is 0.306 e. The number of allylic oxidation sites excluding steroid dienone is 12. The van der Waals surface area contributed by atoms with E-state index < -0.39 is 6.10 Å². The van der Waals surface area contributed by atoms with Crippen molar-refractivity contribution < 1.29 is 28.6 Å². The van der Waals surface area contributed by atoms with Crippen molar-refractivity contribution in [1.29, 1.82) is 0 Å². The quantitative estimate of drug-likeness (QED) is 0.0261. The van der Waals surface area contributed by atoms with Crippen LogP contribution in [0.1, 0.15) is 297 Å². The van der Waals surface area contributed by atoms with Gasteiger partial charge in [0.2, 0.25) is 0 Å². The van der Waals surface area contributed by atoms with E-state index in [0.717, 1.165) is 96.3 Å². The van der Waals surface area contributed by atoms with Gasteiger partial charge in [-0.25, -0.2) is 0 Å². The minimum Gasteiger partial charge on any atom is -0.462 e. The van der Waals surface area contributed by atoms with E-state index in [9.17, 15) is 14.4 Å². The molecule has 6 nitrogen and oxygen atoms in total. The summed E-state index contributed by atoms with van der Waals surface area (Å²) in [4.78, 5) is 37.9. The minimum absolute atomic E-state index is 0.0870. The molecule has 0 radical (unpaired) electrons. The van der Waals surface area contributed by atoms with Gasteiger partial charge in [-0.2, -0.15) is 0 Å². The Labute approximate surface area is 433 Å². The Morgan fingerprint density at radius 1 is 0.300 bits per heavy atom. The highest BCUT2D eigenvalue weighted by atomic mass is 16.6. The van der Waals surface area contributed by atoms with Gasteiger partial charge in [0.15, 0.2) is 6.10 Å². The second-order valence-electron chi connectivity index (χ2n) is 19.9. The van der Waals surface area contributed by atoms with Crippen LogP contribution in [-0.4, -0.2) is 37.2 Å². The molecule has 6 heteroatoms. The Kier molecular flexibility index (Phi) is 55.8. The SMILES string of the molecule is CC/C=C\C/C=C\C/C=C\C/C=C\C/C=C\CCCCCC(=O)OC(COC(=O)CCCCCCCC)COC(=O)CCCCCCCCCCCCCCCCC/C=C\CCCCCCCCCC. The number of carbonyl (C=O) groups is 3. The first-order valence-corrected chi connectivity index (χ1v) is 29.9. The number of hydrogen-bond donors (Lipinski definition) is 0. The van der Waals surface area contributed by atoms with E-state index in [1.165, 1.54) is 161 Å². The fourth-order valence-corrected chi connectivity index (χ4v) is 8.47. The van der Waals surface area contributed by atoms with Crippen LogP contribution in [0.5, 0.6) is 0 Å². The normalized spacial score (nSPS) is 12.6. The van der Waals surface area contributed by atoms with Gasteiger partial charge >= 0.3 is 17.9 Å². The summed E-state index contributed by atoms with van der Waals surface area (Å²) in [7, 11) is 0. The number of hydrogen-bond acceptors (Lipinski definition) is 6. The fourth-order valence-electron chi connectivity index (χ4n) is 8.47. The molecule has 0 heterocycles. The van der Waals surface area contributed by atoms with Crippen LogP contribution in [-0.2, 0) is 28.6 Å². The lowest BCUT2D eigenvalue weighted by Crippen LogP contribution is -2.30. The second-order valence-corrected chi connectivity index (χ2v) is 19.9. The molecular weight excluding hydrogens is 865 g/mol. The smallest absolute Gasteiger partial charge is 0.306 e. The number of carbonyl (C=O) groups excluding carboxylic acids is 3. The van der Waals surface area contributed by atoms with E-state index in [1.807, 2.05) is 0 Å². The molecule has 0 N–H and O–H groups in total. The van der Waals surface area contributed by atoms with Crippen molar-refractivity contribution in [3.05, 3.63) is 72.9 Å². The highest BCUT2D eigenvalue weighted by Gasteiger charge is 2.19. The molecule has 0 bridgehead atoms. The predicted molar refractivity (Wildman–Crippen MR) is 302 cm³/mol. The zero-order chi connectivity index (χ0) is 50.7. The lowest BCUT2D eigenvalue weighted by Gasteiger charge is -2.18. The van der Waals surface area contributed by atoms with Gasteiger partial charge in [0.25, 0.3) is 0 Å². The summed E-state index contributed by atoms with van der Waals surface area (Å²) in [6, 6.07) is 0. The summed E-state index contributed by atoms with van der Waals surface area (Å²) in [5, 5.41) is 0. The van der Waals surface area contributed by atoms with E-state index in [1.54, 1.807) is 0 Å². The zero-order valence-corrected chi connectivity index (χ0v) is 46.3. The van der Waals surface area contributed by atoms with E-state index in [0.29, 0.717) is 19.3 Å². The second kappa shape index (κ2) is 58.4.